The molecule has 1 fully saturated rings. The second-order valence-corrected chi connectivity index (χ2v) is 8.15. The summed E-state index contributed by atoms with van der Waals surface area (Å²) < 4.78 is 12.4. The maximum Gasteiger partial charge on any atom is 0.208 e. The van der Waals surface area contributed by atoms with E-state index in [1.165, 1.54) is 0 Å². The lowest BCUT2D eigenvalue weighted by Gasteiger charge is -2.49. The Morgan fingerprint density at radius 1 is 1.23 bits per heavy atom. The number of piperidine rings is 1. The van der Waals surface area contributed by atoms with Crippen LogP contribution >= 0.6 is 11.6 Å². The molecular weight excluding hydrogens is 350 g/mol. The number of ether oxygens (including phenoxy) is 1. The first-order valence-corrected chi connectivity index (χ1v) is 9.65. The zero-order chi connectivity index (χ0) is 17.9. The zero-order valence-electron chi connectivity index (χ0n) is 15.1. The lowest BCUT2D eigenvalue weighted by Crippen LogP contribution is -3.11. The highest BCUT2D eigenvalue weighted by Gasteiger charge is 2.52. The fourth-order valence-corrected chi connectivity index (χ4v) is 4.57. The number of furan rings is 1. The molecule has 2 aromatic rings. The van der Waals surface area contributed by atoms with Crippen molar-refractivity contribution in [3.63, 3.8) is 0 Å². The van der Waals surface area contributed by atoms with E-state index in [0.717, 1.165) is 65.9 Å². The molecule has 0 bridgehead atoms. The van der Waals surface area contributed by atoms with Gasteiger partial charge in [-0.1, -0.05) is 11.6 Å². The van der Waals surface area contributed by atoms with E-state index in [-0.39, 0.29) is 11.8 Å². The van der Waals surface area contributed by atoms with Gasteiger partial charge in [0.2, 0.25) is 5.72 Å². The van der Waals surface area contributed by atoms with E-state index in [4.69, 9.17) is 25.9 Å². The third-order valence-electron chi connectivity index (χ3n) is 5.87. The quantitative estimate of drug-likeness (QED) is 0.837. The number of halogens is 1. The van der Waals surface area contributed by atoms with Crippen molar-refractivity contribution in [3.8, 4) is 5.75 Å². The monoisotopic (exact) mass is 372 g/mol. The summed E-state index contributed by atoms with van der Waals surface area (Å²) in [6.07, 6.45) is 2.74. The number of benzene rings is 1. The maximum atomic E-state index is 6.58. The molecule has 0 unspecified atom stereocenters. The lowest BCUT2D eigenvalue weighted by molar-refractivity contribution is -0.888. The van der Waals surface area contributed by atoms with Gasteiger partial charge in [0.05, 0.1) is 39.0 Å². The molecule has 5 rings (SSSR count). The number of likely N-dealkylation sites (tertiary alicyclic amines) is 1. The van der Waals surface area contributed by atoms with Gasteiger partial charge in [0.15, 0.2) is 0 Å². The minimum absolute atomic E-state index is 0.149. The summed E-state index contributed by atoms with van der Waals surface area (Å²) in [5.41, 5.74) is 1.75. The predicted molar refractivity (Wildman–Crippen MR) is 99.8 cm³/mol. The average molecular weight is 373 g/mol. The Balaban J connectivity index is 1.59. The number of nitrogens with zero attached hydrogens (tertiary/aromatic N) is 2. The smallest absolute Gasteiger partial charge is 0.208 e. The van der Waals surface area contributed by atoms with Crippen LogP contribution in [0.4, 0.5) is 0 Å². The number of nitrogens with one attached hydrogen (secondary N) is 1. The fraction of sp³-hybridized carbons (Fsp3) is 0.450. The molecule has 0 amide bonds. The van der Waals surface area contributed by atoms with Crippen molar-refractivity contribution in [2.24, 2.45) is 5.10 Å². The van der Waals surface area contributed by atoms with Crippen molar-refractivity contribution < 1.29 is 14.1 Å². The number of hydrazone groups is 1. The Kier molecular flexibility index (Phi) is 3.59. The van der Waals surface area contributed by atoms with Crippen LogP contribution in [0.3, 0.4) is 0 Å². The number of quaternary nitrogens is 1. The van der Waals surface area contributed by atoms with Crippen LogP contribution in [0.5, 0.6) is 5.75 Å². The normalized spacial score (nSPS) is 30.0. The first-order chi connectivity index (χ1) is 12.5. The first kappa shape index (κ1) is 16.2. The molecule has 1 N–H and O–H groups in total. The Morgan fingerprint density at radius 2 is 2.04 bits per heavy atom. The van der Waals surface area contributed by atoms with E-state index in [0.29, 0.717) is 0 Å². The number of fused-ring (bicyclic) bond motifs is 4. The topological polar surface area (TPSA) is 42.4 Å². The van der Waals surface area contributed by atoms with Crippen molar-refractivity contribution in [3.05, 3.63) is 52.4 Å². The summed E-state index contributed by atoms with van der Waals surface area (Å²) in [7, 11) is 2.24. The summed E-state index contributed by atoms with van der Waals surface area (Å²) in [6, 6.07) is 10.1. The van der Waals surface area contributed by atoms with Gasteiger partial charge in [-0.25, -0.2) is 5.01 Å². The summed E-state index contributed by atoms with van der Waals surface area (Å²) in [5.74, 6) is 2.71. The molecule has 1 atom stereocenters. The standard InChI is InChI=1S/C20H22ClN3O2/c1-13-3-5-19(25-13)16-12-17-15-11-14(21)4-6-18(15)26-20(24(17)22-16)7-9-23(2)10-8-20/h3-6,11,17H,7-10,12H2,1-2H3/p+1/t17-/m0/s1. The van der Waals surface area contributed by atoms with Crippen molar-refractivity contribution in [2.75, 3.05) is 20.1 Å². The summed E-state index contributed by atoms with van der Waals surface area (Å²) in [4.78, 5) is 1.54. The van der Waals surface area contributed by atoms with Gasteiger partial charge in [-0.2, -0.15) is 5.10 Å². The highest BCUT2D eigenvalue weighted by molar-refractivity contribution is 6.30. The molecule has 3 aliphatic rings. The Morgan fingerprint density at radius 3 is 2.77 bits per heavy atom. The fourth-order valence-electron chi connectivity index (χ4n) is 4.39. The second-order valence-electron chi connectivity index (χ2n) is 7.71. The van der Waals surface area contributed by atoms with E-state index in [1.54, 1.807) is 4.90 Å². The molecule has 5 nitrogen and oxygen atoms in total. The molecular formula is C20H23ClN3O2+. The van der Waals surface area contributed by atoms with Crippen LogP contribution in [0, 0.1) is 6.92 Å². The minimum atomic E-state index is -0.367. The Hall–Kier alpha value is -1.98. The van der Waals surface area contributed by atoms with Gasteiger partial charge in [0, 0.05) is 17.0 Å². The van der Waals surface area contributed by atoms with E-state index >= 15 is 0 Å². The van der Waals surface area contributed by atoms with Gasteiger partial charge in [-0.05, 0) is 37.3 Å². The van der Waals surface area contributed by atoms with Crippen LogP contribution in [-0.2, 0) is 0 Å². The largest absolute Gasteiger partial charge is 0.466 e. The third kappa shape index (κ3) is 2.45. The summed E-state index contributed by atoms with van der Waals surface area (Å²) >= 11 is 6.29. The highest BCUT2D eigenvalue weighted by Crippen LogP contribution is 2.49. The van der Waals surface area contributed by atoms with Gasteiger partial charge in [0.1, 0.15) is 23.0 Å². The second kappa shape index (κ2) is 5.76. The number of rotatable bonds is 1. The molecule has 4 heterocycles. The first-order valence-electron chi connectivity index (χ1n) is 9.27. The number of hydrogen-bond acceptors (Lipinski definition) is 4. The van der Waals surface area contributed by atoms with Crippen LogP contribution in [0.1, 0.15) is 42.4 Å². The van der Waals surface area contributed by atoms with E-state index < -0.39 is 0 Å². The average Bonchev–Trinajstić information content (AvgIpc) is 3.25. The molecule has 6 heteroatoms. The van der Waals surface area contributed by atoms with Gasteiger partial charge in [0.25, 0.3) is 0 Å². The number of aryl methyl sites for hydroxylation is 1. The lowest BCUT2D eigenvalue weighted by atomic mass is 9.91. The van der Waals surface area contributed by atoms with E-state index in [2.05, 4.69) is 12.1 Å². The summed E-state index contributed by atoms with van der Waals surface area (Å²) in [5, 5.41) is 7.94. The molecule has 136 valence electrons. The van der Waals surface area contributed by atoms with E-state index in [1.807, 2.05) is 37.3 Å². The van der Waals surface area contributed by atoms with E-state index in [9.17, 15) is 0 Å². The molecule has 1 spiro atoms. The molecule has 3 aliphatic heterocycles. The Bertz CT molecular complexity index is 883. The summed E-state index contributed by atoms with van der Waals surface area (Å²) in [6.45, 7) is 4.12. The molecule has 1 aromatic carbocycles. The third-order valence-corrected chi connectivity index (χ3v) is 6.10. The van der Waals surface area contributed by atoms with Crippen LogP contribution in [0.2, 0.25) is 5.02 Å². The molecule has 0 aliphatic carbocycles. The Labute approximate surface area is 158 Å². The van der Waals surface area contributed by atoms with Gasteiger partial charge in [-0.15, -0.1) is 0 Å². The predicted octanol–water partition coefficient (Wildman–Crippen LogP) is 2.79. The van der Waals surface area contributed by atoms with Crippen LogP contribution in [0.25, 0.3) is 0 Å². The minimum Gasteiger partial charge on any atom is -0.466 e. The van der Waals surface area contributed by atoms with Crippen molar-refractivity contribution >= 4 is 17.3 Å². The molecule has 1 aromatic heterocycles. The highest BCUT2D eigenvalue weighted by atomic mass is 35.5. The number of hydrogen-bond donors (Lipinski definition) is 1. The molecule has 0 radical (unpaired) electrons. The van der Waals surface area contributed by atoms with Crippen LogP contribution < -0.4 is 9.64 Å². The van der Waals surface area contributed by atoms with Gasteiger partial charge in [-0.3, -0.25) is 0 Å². The van der Waals surface area contributed by atoms with Crippen molar-refractivity contribution in [1.29, 1.82) is 0 Å². The van der Waals surface area contributed by atoms with Crippen molar-refractivity contribution in [2.45, 2.75) is 38.0 Å². The van der Waals surface area contributed by atoms with Gasteiger partial charge >= 0.3 is 0 Å². The molecule has 0 saturated carbocycles. The van der Waals surface area contributed by atoms with Gasteiger partial charge < -0.3 is 14.1 Å². The van der Waals surface area contributed by atoms with Crippen molar-refractivity contribution in [1.82, 2.24) is 5.01 Å². The van der Waals surface area contributed by atoms with Crippen LogP contribution in [-0.4, -0.2) is 36.6 Å². The maximum absolute atomic E-state index is 6.58. The molecule has 26 heavy (non-hydrogen) atoms. The molecule has 1 saturated heterocycles. The van der Waals surface area contributed by atoms with Crippen LogP contribution in [0.15, 0.2) is 39.9 Å². The SMILES string of the molecule is Cc1ccc(C2=NN3[C@@H](C2)c2cc(Cl)ccc2OC32CC[NH+](C)CC2)o1. The zero-order valence-corrected chi connectivity index (χ0v) is 15.8.